The summed E-state index contributed by atoms with van der Waals surface area (Å²) in [6.07, 6.45) is 6.30. The number of methoxy groups -OCH3 is 1. The summed E-state index contributed by atoms with van der Waals surface area (Å²) in [7, 11) is 1.61. The van der Waals surface area contributed by atoms with Crippen molar-refractivity contribution in [3.8, 4) is 5.75 Å². The fourth-order valence-corrected chi connectivity index (χ4v) is 4.89. The largest absolute Gasteiger partial charge is 0.497 e. The van der Waals surface area contributed by atoms with Gasteiger partial charge < -0.3 is 25.4 Å². The molecule has 2 fully saturated rings. The number of likely N-dealkylation sites (tertiary alicyclic amines) is 1. The smallest absolute Gasteiger partial charge is 0.308 e. The number of hydrogen-bond donors (Lipinski definition) is 3. The van der Waals surface area contributed by atoms with Gasteiger partial charge in [0, 0.05) is 26.1 Å². The highest BCUT2D eigenvalue weighted by atomic mass is 16.5. The van der Waals surface area contributed by atoms with Crippen molar-refractivity contribution in [2.24, 2.45) is 17.8 Å². The van der Waals surface area contributed by atoms with Crippen LogP contribution in [0.3, 0.4) is 0 Å². The van der Waals surface area contributed by atoms with Crippen LogP contribution in [0.1, 0.15) is 50.5 Å². The minimum absolute atomic E-state index is 0.102. The second kappa shape index (κ2) is 13.3. The van der Waals surface area contributed by atoms with Crippen LogP contribution in [-0.4, -0.2) is 67.6 Å². The van der Waals surface area contributed by atoms with E-state index in [2.05, 4.69) is 10.6 Å². The Morgan fingerprint density at radius 3 is 2.59 bits per heavy atom. The van der Waals surface area contributed by atoms with Crippen molar-refractivity contribution < 1.29 is 24.2 Å². The third-order valence-electron chi connectivity index (χ3n) is 7.18. The number of benzene rings is 1. The van der Waals surface area contributed by atoms with Crippen LogP contribution in [0, 0.1) is 17.8 Å². The molecule has 2 heterocycles. The molecule has 3 N–H and O–H groups in total. The molecular formula is C26H39N3O5. The molecule has 0 aromatic heterocycles. The Kier molecular flexibility index (Phi) is 10.2. The summed E-state index contributed by atoms with van der Waals surface area (Å²) in [6, 6.07) is 7.56. The average molecular weight is 474 g/mol. The average Bonchev–Trinajstić information content (AvgIpc) is 2.87. The Balaban J connectivity index is 1.42. The molecule has 1 aromatic carbocycles. The molecule has 2 aliphatic rings. The van der Waals surface area contributed by atoms with Crippen molar-refractivity contribution in [3.05, 3.63) is 29.8 Å². The quantitative estimate of drug-likeness (QED) is 0.456. The summed E-state index contributed by atoms with van der Waals surface area (Å²) in [5, 5.41) is 15.8. The van der Waals surface area contributed by atoms with Gasteiger partial charge in [-0.05, 0) is 81.6 Å². The van der Waals surface area contributed by atoms with Crippen LogP contribution in [0.15, 0.2) is 24.3 Å². The number of aryl methyl sites for hydroxylation is 1. The van der Waals surface area contributed by atoms with Gasteiger partial charge in [-0.25, -0.2) is 0 Å². The van der Waals surface area contributed by atoms with Crippen LogP contribution in [0.2, 0.25) is 0 Å². The molecule has 8 heteroatoms. The Hall–Kier alpha value is -2.61. The maximum atomic E-state index is 12.8. The molecule has 0 aliphatic carbocycles. The number of carboxylic acids is 1. The number of carbonyl (C=O) groups is 3. The van der Waals surface area contributed by atoms with E-state index in [1.807, 2.05) is 29.2 Å². The first-order valence-electron chi connectivity index (χ1n) is 12.6. The minimum Gasteiger partial charge on any atom is -0.497 e. The van der Waals surface area contributed by atoms with E-state index in [9.17, 15) is 19.5 Å². The van der Waals surface area contributed by atoms with Gasteiger partial charge in [-0.1, -0.05) is 12.1 Å². The van der Waals surface area contributed by atoms with E-state index < -0.39 is 11.9 Å². The van der Waals surface area contributed by atoms with Crippen LogP contribution < -0.4 is 15.4 Å². The zero-order valence-corrected chi connectivity index (χ0v) is 20.3. The fourth-order valence-electron chi connectivity index (χ4n) is 4.89. The van der Waals surface area contributed by atoms with E-state index in [1.165, 1.54) is 0 Å². The number of ether oxygens (including phenoxy) is 1. The molecule has 1 aromatic rings. The van der Waals surface area contributed by atoms with Crippen LogP contribution >= 0.6 is 0 Å². The van der Waals surface area contributed by atoms with E-state index in [0.29, 0.717) is 38.3 Å². The number of hydrogen-bond acceptors (Lipinski definition) is 5. The monoisotopic (exact) mass is 473 g/mol. The Bertz CT molecular complexity index is 807. The number of aliphatic carboxylic acids is 1. The van der Waals surface area contributed by atoms with Gasteiger partial charge in [0.2, 0.25) is 11.8 Å². The first kappa shape index (κ1) is 26.0. The summed E-state index contributed by atoms with van der Waals surface area (Å²) in [5.74, 6) is -0.473. The van der Waals surface area contributed by atoms with Crippen LogP contribution in [0.5, 0.6) is 5.75 Å². The maximum absolute atomic E-state index is 12.8. The lowest BCUT2D eigenvalue weighted by Crippen LogP contribution is -2.46. The van der Waals surface area contributed by atoms with E-state index in [0.717, 1.165) is 56.5 Å². The second-order valence-electron chi connectivity index (χ2n) is 9.58. The van der Waals surface area contributed by atoms with Gasteiger partial charge in [0.25, 0.3) is 0 Å². The van der Waals surface area contributed by atoms with Gasteiger partial charge >= 0.3 is 5.97 Å². The molecular weight excluding hydrogens is 434 g/mol. The van der Waals surface area contributed by atoms with Crippen molar-refractivity contribution in [1.82, 2.24) is 15.5 Å². The standard InChI is InChI=1S/C26H39N3O5/c1-34-23-9-5-19(6-10-23)4-8-21(26(32)33)17-28-25(31)22-3-2-16-29(18-22)24(30)11-7-20-12-14-27-15-13-20/h5-6,9-10,20-22,27H,2-4,7-8,11-18H2,1H3,(H,28,31)(H,32,33)/t21-,22-/m1/s1. The lowest BCUT2D eigenvalue weighted by atomic mass is 9.92. The second-order valence-corrected chi connectivity index (χ2v) is 9.58. The van der Waals surface area contributed by atoms with Crippen molar-refractivity contribution in [3.63, 3.8) is 0 Å². The highest BCUT2D eigenvalue weighted by Gasteiger charge is 2.29. The number of nitrogens with one attached hydrogen (secondary N) is 2. The van der Waals surface area contributed by atoms with Crippen molar-refractivity contribution in [2.75, 3.05) is 39.8 Å². The fraction of sp³-hybridized carbons (Fsp3) is 0.654. The first-order chi connectivity index (χ1) is 16.5. The highest BCUT2D eigenvalue weighted by Crippen LogP contribution is 2.22. The molecule has 0 unspecified atom stereocenters. The van der Waals surface area contributed by atoms with Gasteiger partial charge in [-0.2, -0.15) is 0 Å². The number of amides is 2. The predicted molar refractivity (Wildman–Crippen MR) is 130 cm³/mol. The lowest BCUT2D eigenvalue weighted by Gasteiger charge is -2.33. The van der Waals surface area contributed by atoms with Gasteiger partial charge in [0.05, 0.1) is 18.9 Å². The summed E-state index contributed by atoms with van der Waals surface area (Å²) in [5.41, 5.74) is 1.03. The molecule has 8 nitrogen and oxygen atoms in total. The summed E-state index contributed by atoms with van der Waals surface area (Å²) in [6.45, 7) is 3.30. The molecule has 188 valence electrons. The molecule has 2 amide bonds. The van der Waals surface area contributed by atoms with Gasteiger partial charge in [0.1, 0.15) is 5.75 Å². The van der Waals surface area contributed by atoms with E-state index in [1.54, 1.807) is 7.11 Å². The first-order valence-corrected chi connectivity index (χ1v) is 12.6. The zero-order chi connectivity index (χ0) is 24.3. The number of carbonyl (C=O) groups excluding carboxylic acids is 2. The summed E-state index contributed by atoms with van der Waals surface area (Å²) >= 11 is 0. The minimum atomic E-state index is -0.910. The molecule has 34 heavy (non-hydrogen) atoms. The van der Waals surface area contributed by atoms with Crippen LogP contribution in [0.4, 0.5) is 0 Å². The molecule has 0 bridgehead atoms. The van der Waals surface area contributed by atoms with Gasteiger partial charge in [-0.15, -0.1) is 0 Å². The maximum Gasteiger partial charge on any atom is 0.308 e. The Morgan fingerprint density at radius 1 is 1.18 bits per heavy atom. The third kappa shape index (κ3) is 8.01. The molecule has 2 saturated heterocycles. The molecule has 0 radical (unpaired) electrons. The normalized spacial score (nSPS) is 19.9. The van der Waals surface area contributed by atoms with Crippen molar-refractivity contribution >= 4 is 17.8 Å². The molecule has 2 atom stereocenters. The highest BCUT2D eigenvalue weighted by molar-refractivity contribution is 5.82. The zero-order valence-electron chi connectivity index (χ0n) is 20.3. The molecule has 0 saturated carbocycles. The Morgan fingerprint density at radius 2 is 1.91 bits per heavy atom. The predicted octanol–water partition coefficient (Wildman–Crippen LogP) is 2.46. The SMILES string of the molecule is COc1ccc(CC[C@H](CNC(=O)[C@@H]2CCCN(C(=O)CCC3CCNCC3)C2)C(=O)O)cc1. The van der Waals surface area contributed by atoms with Crippen LogP contribution in [0.25, 0.3) is 0 Å². The molecule has 0 spiro atoms. The summed E-state index contributed by atoms with van der Waals surface area (Å²) in [4.78, 5) is 39.1. The van der Waals surface area contributed by atoms with E-state index in [4.69, 9.17) is 4.74 Å². The van der Waals surface area contributed by atoms with Crippen molar-refractivity contribution in [1.29, 1.82) is 0 Å². The topological polar surface area (TPSA) is 108 Å². The number of nitrogens with zero attached hydrogens (tertiary/aromatic N) is 1. The number of rotatable bonds is 11. The molecule has 3 rings (SSSR count). The molecule has 2 aliphatic heterocycles. The number of carboxylic acid groups (broad SMARTS) is 1. The van der Waals surface area contributed by atoms with Crippen LogP contribution in [-0.2, 0) is 20.8 Å². The van der Waals surface area contributed by atoms with E-state index in [-0.39, 0.29) is 24.3 Å². The van der Waals surface area contributed by atoms with E-state index >= 15 is 0 Å². The third-order valence-corrected chi connectivity index (χ3v) is 7.18. The van der Waals surface area contributed by atoms with Gasteiger partial charge in [0.15, 0.2) is 0 Å². The number of piperidine rings is 2. The Labute approximate surface area is 202 Å². The van der Waals surface area contributed by atoms with Gasteiger partial charge in [-0.3, -0.25) is 14.4 Å². The van der Waals surface area contributed by atoms with Crippen molar-refractivity contribution in [2.45, 2.75) is 51.4 Å². The lowest BCUT2D eigenvalue weighted by molar-refractivity contribution is -0.142. The summed E-state index contributed by atoms with van der Waals surface area (Å²) < 4.78 is 5.15.